The first kappa shape index (κ1) is 26.1. The van der Waals surface area contributed by atoms with Crippen LogP contribution in [0.5, 0.6) is 0 Å². The number of aryl methyl sites for hydroxylation is 1. The number of hydrogen-bond acceptors (Lipinski definition) is 3. The first-order chi connectivity index (χ1) is 16.4. The number of carbonyl (C=O) groups is 2. The summed E-state index contributed by atoms with van der Waals surface area (Å²) in [5.41, 5.74) is 3.26. The molecule has 1 aromatic heterocycles. The van der Waals surface area contributed by atoms with Crippen molar-refractivity contribution in [2.45, 2.75) is 53.4 Å². The summed E-state index contributed by atoms with van der Waals surface area (Å²) in [5.74, 6) is -0.0780. The summed E-state index contributed by atoms with van der Waals surface area (Å²) >= 11 is 0. The number of para-hydroxylation sites is 1. The molecule has 0 aliphatic heterocycles. The van der Waals surface area contributed by atoms with Gasteiger partial charge in [0.05, 0.1) is 24.3 Å². The molecule has 35 heavy (non-hydrogen) atoms. The van der Waals surface area contributed by atoms with Gasteiger partial charge in [0.25, 0.3) is 0 Å². The van der Waals surface area contributed by atoms with Crippen LogP contribution < -0.4 is 5.32 Å². The Morgan fingerprint density at radius 2 is 1.74 bits per heavy atom. The number of anilines is 1. The molecule has 3 rings (SSSR count). The molecule has 2 aromatic carbocycles. The SMILES string of the molecule is Cc1ccccc1-n1nc(C(C)(C)C)cc1NC(=O)CN(CC(C)C)C(=O)Cc1ccc(F)cc1. The van der Waals surface area contributed by atoms with Crippen LogP contribution in [0.4, 0.5) is 10.2 Å². The van der Waals surface area contributed by atoms with Gasteiger partial charge in [-0.05, 0) is 42.2 Å². The lowest BCUT2D eigenvalue weighted by atomic mass is 9.92. The summed E-state index contributed by atoms with van der Waals surface area (Å²) in [4.78, 5) is 27.7. The van der Waals surface area contributed by atoms with Crippen LogP contribution in [0, 0.1) is 18.7 Å². The predicted molar refractivity (Wildman–Crippen MR) is 137 cm³/mol. The Labute approximate surface area is 207 Å². The zero-order chi connectivity index (χ0) is 25.8. The molecule has 1 N–H and O–H groups in total. The van der Waals surface area contributed by atoms with Gasteiger partial charge in [0.1, 0.15) is 11.6 Å². The van der Waals surface area contributed by atoms with Crippen LogP contribution in [-0.2, 0) is 21.4 Å². The number of benzene rings is 2. The molecule has 2 amide bonds. The first-order valence-corrected chi connectivity index (χ1v) is 11.9. The van der Waals surface area contributed by atoms with E-state index < -0.39 is 0 Å². The molecule has 0 atom stereocenters. The topological polar surface area (TPSA) is 67.2 Å². The zero-order valence-corrected chi connectivity index (χ0v) is 21.4. The Bertz CT molecular complexity index is 1180. The highest BCUT2D eigenvalue weighted by atomic mass is 19.1. The average molecular weight is 479 g/mol. The summed E-state index contributed by atoms with van der Waals surface area (Å²) in [6.07, 6.45) is 0.107. The maximum atomic E-state index is 13.2. The molecule has 0 aliphatic carbocycles. The molecule has 7 heteroatoms. The molecule has 0 bridgehead atoms. The normalized spacial score (nSPS) is 11.5. The van der Waals surface area contributed by atoms with Gasteiger partial charge in [-0.1, -0.05) is 65.0 Å². The number of halogens is 1. The second-order valence-corrected chi connectivity index (χ2v) is 10.4. The average Bonchev–Trinajstić information content (AvgIpc) is 3.18. The highest BCUT2D eigenvalue weighted by molar-refractivity contribution is 5.94. The smallest absolute Gasteiger partial charge is 0.245 e. The molecule has 0 fully saturated rings. The number of carbonyl (C=O) groups excluding carboxylic acids is 2. The van der Waals surface area contributed by atoms with Gasteiger partial charge in [0, 0.05) is 18.0 Å². The zero-order valence-electron chi connectivity index (χ0n) is 21.4. The largest absolute Gasteiger partial charge is 0.333 e. The van der Waals surface area contributed by atoms with Crippen molar-refractivity contribution >= 4 is 17.6 Å². The van der Waals surface area contributed by atoms with Gasteiger partial charge in [-0.25, -0.2) is 9.07 Å². The van der Waals surface area contributed by atoms with Crippen molar-refractivity contribution in [3.63, 3.8) is 0 Å². The van der Waals surface area contributed by atoms with E-state index in [1.807, 2.05) is 51.1 Å². The number of rotatable bonds is 8. The lowest BCUT2D eigenvalue weighted by molar-refractivity contribution is -0.134. The Morgan fingerprint density at radius 1 is 1.09 bits per heavy atom. The van der Waals surface area contributed by atoms with E-state index in [2.05, 4.69) is 26.1 Å². The number of aromatic nitrogens is 2. The minimum Gasteiger partial charge on any atom is -0.333 e. The minimum absolute atomic E-state index is 0.0813. The lowest BCUT2D eigenvalue weighted by Gasteiger charge is -2.24. The second kappa shape index (κ2) is 10.8. The maximum Gasteiger partial charge on any atom is 0.245 e. The molecule has 0 radical (unpaired) electrons. The molecule has 186 valence electrons. The van der Waals surface area contributed by atoms with E-state index in [0.29, 0.717) is 17.9 Å². The summed E-state index contributed by atoms with van der Waals surface area (Å²) in [7, 11) is 0. The van der Waals surface area contributed by atoms with E-state index in [-0.39, 0.29) is 41.9 Å². The third-order valence-corrected chi connectivity index (χ3v) is 5.63. The van der Waals surface area contributed by atoms with Crippen LogP contribution >= 0.6 is 0 Å². The Balaban J connectivity index is 1.82. The maximum absolute atomic E-state index is 13.2. The van der Waals surface area contributed by atoms with Crippen LogP contribution in [0.15, 0.2) is 54.6 Å². The second-order valence-electron chi connectivity index (χ2n) is 10.4. The van der Waals surface area contributed by atoms with Crippen molar-refractivity contribution in [2.24, 2.45) is 5.92 Å². The van der Waals surface area contributed by atoms with Crippen molar-refractivity contribution in [1.29, 1.82) is 0 Å². The van der Waals surface area contributed by atoms with Gasteiger partial charge in [-0.2, -0.15) is 5.10 Å². The number of amides is 2. The highest BCUT2D eigenvalue weighted by Gasteiger charge is 2.24. The summed E-state index contributed by atoms with van der Waals surface area (Å²) in [6, 6.07) is 15.6. The number of nitrogens with zero attached hydrogens (tertiary/aromatic N) is 3. The highest BCUT2D eigenvalue weighted by Crippen LogP contribution is 2.27. The lowest BCUT2D eigenvalue weighted by Crippen LogP contribution is -2.41. The van der Waals surface area contributed by atoms with Crippen molar-refractivity contribution in [3.05, 3.63) is 77.2 Å². The van der Waals surface area contributed by atoms with Crippen LogP contribution in [0.1, 0.15) is 51.4 Å². The molecular formula is C28H35FN4O2. The van der Waals surface area contributed by atoms with Gasteiger partial charge in [0.2, 0.25) is 11.8 Å². The minimum atomic E-state index is -0.348. The quantitative estimate of drug-likeness (QED) is 0.479. The van der Waals surface area contributed by atoms with Gasteiger partial charge < -0.3 is 10.2 Å². The van der Waals surface area contributed by atoms with Crippen LogP contribution in [-0.4, -0.2) is 39.6 Å². The molecule has 0 saturated heterocycles. The van der Waals surface area contributed by atoms with Gasteiger partial charge in [-0.15, -0.1) is 0 Å². The molecule has 0 unspecified atom stereocenters. The van der Waals surface area contributed by atoms with Crippen LogP contribution in [0.25, 0.3) is 5.69 Å². The summed E-state index contributed by atoms with van der Waals surface area (Å²) in [6.45, 7) is 12.6. The molecule has 0 aliphatic rings. The van der Waals surface area contributed by atoms with Gasteiger partial charge in [-0.3, -0.25) is 9.59 Å². The van der Waals surface area contributed by atoms with E-state index in [4.69, 9.17) is 5.10 Å². The Kier molecular flexibility index (Phi) is 8.10. The van der Waals surface area contributed by atoms with E-state index in [9.17, 15) is 14.0 Å². The van der Waals surface area contributed by atoms with Crippen molar-refractivity contribution < 1.29 is 14.0 Å². The van der Waals surface area contributed by atoms with Gasteiger partial charge >= 0.3 is 0 Å². The van der Waals surface area contributed by atoms with Crippen molar-refractivity contribution in [3.8, 4) is 5.69 Å². The summed E-state index contributed by atoms with van der Waals surface area (Å²) in [5, 5.41) is 7.76. The van der Waals surface area contributed by atoms with E-state index in [1.54, 1.807) is 21.7 Å². The Morgan fingerprint density at radius 3 is 2.34 bits per heavy atom. The molecule has 3 aromatic rings. The van der Waals surface area contributed by atoms with E-state index in [0.717, 1.165) is 16.9 Å². The molecule has 6 nitrogen and oxygen atoms in total. The molecule has 1 heterocycles. The van der Waals surface area contributed by atoms with Crippen molar-refractivity contribution in [2.75, 3.05) is 18.4 Å². The number of nitrogens with one attached hydrogen (secondary N) is 1. The standard InChI is InChI=1S/C28H35FN4O2/c1-19(2)17-32(27(35)15-21-11-13-22(29)14-12-21)18-26(34)30-25-16-24(28(4,5)6)31-33(25)23-10-8-7-9-20(23)3/h7-14,16,19H,15,17-18H2,1-6H3,(H,30,34). The number of hydrogen-bond donors (Lipinski definition) is 1. The molecule has 0 saturated carbocycles. The van der Waals surface area contributed by atoms with E-state index in [1.165, 1.54) is 12.1 Å². The third-order valence-electron chi connectivity index (χ3n) is 5.63. The molecular weight excluding hydrogens is 443 g/mol. The first-order valence-electron chi connectivity index (χ1n) is 11.9. The summed E-state index contributed by atoms with van der Waals surface area (Å²) < 4.78 is 15.0. The predicted octanol–water partition coefficient (Wildman–Crippen LogP) is 5.28. The fourth-order valence-corrected chi connectivity index (χ4v) is 3.76. The van der Waals surface area contributed by atoms with E-state index >= 15 is 0 Å². The molecule has 0 spiro atoms. The monoisotopic (exact) mass is 478 g/mol. The Hall–Kier alpha value is -3.48. The fourth-order valence-electron chi connectivity index (χ4n) is 3.76. The van der Waals surface area contributed by atoms with Gasteiger partial charge in [0.15, 0.2) is 0 Å². The third kappa shape index (κ3) is 7.01. The van der Waals surface area contributed by atoms with Crippen molar-refractivity contribution in [1.82, 2.24) is 14.7 Å². The van der Waals surface area contributed by atoms with Crippen LogP contribution in [0.3, 0.4) is 0 Å². The fraction of sp³-hybridized carbons (Fsp3) is 0.393. The van der Waals surface area contributed by atoms with Crippen LogP contribution in [0.2, 0.25) is 0 Å².